The van der Waals surface area contributed by atoms with Crippen molar-refractivity contribution >= 4 is 0 Å². The first-order valence-electron chi connectivity index (χ1n) is 8.79. The van der Waals surface area contributed by atoms with Gasteiger partial charge in [0.25, 0.3) is 0 Å². The molecular formula is C18H38. The van der Waals surface area contributed by atoms with Crippen LogP contribution < -0.4 is 0 Å². The van der Waals surface area contributed by atoms with Gasteiger partial charge in [-0.05, 0) is 11.8 Å². The third kappa shape index (κ3) is 9.00. The highest BCUT2D eigenvalue weighted by Gasteiger charge is 2.19. The maximum atomic E-state index is 2.36. The molecule has 0 aliphatic carbocycles. The molecule has 0 aromatic heterocycles. The topological polar surface area (TPSA) is 0 Å². The van der Waals surface area contributed by atoms with Crippen molar-refractivity contribution in [3.05, 3.63) is 0 Å². The molecule has 0 aliphatic rings. The lowest BCUT2D eigenvalue weighted by molar-refractivity contribution is 0.244. The van der Waals surface area contributed by atoms with E-state index in [1.807, 2.05) is 0 Å². The fraction of sp³-hybridized carbons (Fsp3) is 1.00. The molecule has 110 valence electrons. The molecule has 1 unspecified atom stereocenters. The Labute approximate surface area is 117 Å². The molecule has 0 heteroatoms. The molecule has 0 aromatic carbocycles. The zero-order valence-electron chi connectivity index (χ0n) is 13.6. The van der Waals surface area contributed by atoms with Crippen LogP contribution in [0.25, 0.3) is 0 Å². The predicted molar refractivity (Wildman–Crippen MR) is 85.1 cm³/mol. The van der Waals surface area contributed by atoms with Gasteiger partial charge in [0, 0.05) is 0 Å². The third-order valence-corrected chi connectivity index (χ3v) is 4.36. The Morgan fingerprint density at radius 1 is 0.444 bits per heavy atom. The summed E-state index contributed by atoms with van der Waals surface area (Å²) in [6.45, 7) is 9.36. The van der Waals surface area contributed by atoms with Gasteiger partial charge in [-0.15, -0.1) is 0 Å². The van der Waals surface area contributed by atoms with Crippen molar-refractivity contribution in [3.8, 4) is 0 Å². The second kappa shape index (κ2) is 13.4. The van der Waals surface area contributed by atoms with Crippen LogP contribution in [0.2, 0.25) is 0 Å². The average Bonchev–Trinajstić information content (AvgIpc) is 2.38. The second-order valence-electron chi connectivity index (χ2n) is 6.09. The molecule has 0 rings (SSSR count). The minimum atomic E-state index is 1.03. The molecule has 0 radical (unpaired) electrons. The molecule has 0 heterocycles. The van der Waals surface area contributed by atoms with E-state index in [4.69, 9.17) is 0 Å². The second-order valence-corrected chi connectivity index (χ2v) is 6.09. The zero-order valence-corrected chi connectivity index (χ0v) is 13.6. The minimum Gasteiger partial charge on any atom is -0.0654 e. The summed E-state index contributed by atoms with van der Waals surface area (Å²) >= 11 is 0. The quantitative estimate of drug-likeness (QED) is 0.311. The van der Waals surface area contributed by atoms with E-state index >= 15 is 0 Å². The van der Waals surface area contributed by atoms with Gasteiger partial charge in [0.05, 0.1) is 0 Å². The Hall–Kier alpha value is 0. The van der Waals surface area contributed by atoms with Gasteiger partial charge in [-0.25, -0.2) is 0 Å². The highest BCUT2D eigenvalue weighted by Crippen LogP contribution is 2.31. The van der Waals surface area contributed by atoms with Crippen LogP contribution in [0, 0.1) is 11.8 Å². The summed E-state index contributed by atoms with van der Waals surface area (Å²) in [5, 5.41) is 0. The monoisotopic (exact) mass is 254 g/mol. The van der Waals surface area contributed by atoms with Crippen molar-refractivity contribution in [2.24, 2.45) is 11.8 Å². The molecule has 0 bridgehead atoms. The highest BCUT2D eigenvalue weighted by molar-refractivity contribution is 4.71. The smallest absolute Gasteiger partial charge is 0.0386 e. The van der Waals surface area contributed by atoms with Crippen molar-refractivity contribution in [1.82, 2.24) is 0 Å². The van der Waals surface area contributed by atoms with E-state index in [0.717, 1.165) is 11.8 Å². The van der Waals surface area contributed by atoms with E-state index in [-0.39, 0.29) is 0 Å². The molecule has 0 fully saturated rings. The van der Waals surface area contributed by atoms with Crippen LogP contribution in [0.4, 0.5) is 0 Å². The van der Waals surface area contributed by atoms with Gasteiger partial charge < -0.3 is 0 Å². The molecule has 18 heavy (non-hydrogen) atoms. The minimum absolute atomic E-state index is 1.03. The van der Waals surface area contributed by atoms with E-state index in [0.29, 0.717) is 0 Å². The van der Waals surface area contributed by atoms with Crippen LogP contribution >= 0.6 is 0 Å². The Kier molecular flexibility index (Phi) is 13.4. The van der Waals surface area contributed by atoms with Crippen LogP contribution in [0.3, 0.4) is 0 Å². The number of rotatable bonds is 13. The Morgan fingerprint density at radius 3 is 1.33 bits per heavy atom. The van der Waals surface area contributed by atoms with Crippen LogP contribution in [-0.4, -0.2) is 0 Å². The van der Waals surface area contributed by atoms with Gasteiger partial charge in [-0.1, -0.05) is 105 Å². The summed E-state index contributed by atoms with van der Waals surface area (Å²) in [7, 11) is 0. The Bertz CT molecular complexity index is 142. The lowest BCUT2D eigenvalue weighted by Gasteiger charge is -2.27. The van der Waals surface area contributed by atoms with Crippen LogP contribution in [-0.2, 0) is 0 Å². The van der Waals surface area contributed by atoms with E-state index < -0.39 is 0 Å². The van der Waals surface area contributed by atoms with E-state index in [9.17, 15) is 0 Å². The lowest BCUT2D eigenvalue weighted by Crippen LogP contribution is -2.15. The summed E-state index contributed by atoms with van der Waals surface area (Å²) in [6.07, 6.45) is 17.3. The van der Waals surface area contributed by atoms with Gasteiger partial charge in [-0.2, -0.15) is 0 Å². The molecule has 0 saturated heterocycles. The Morgan fingerprint density at radius 2 is 0.889 bits per heavy atom. The summed E-state index contributed by atoms with van der Waals surface area (Å²) in [5.74, 6) is 2.06. The van der Waals surface area contributed by atoms with Gasteiger partial charge in [0.15, 0.2) is 0 Å². The summed E-state index contributed by atoms with van der Waals surface area (Å²) in [4.78, 5) is 0. The average molecular weight is 255 g/mol. The maximum absolute atomic E-state index is 2.36. The van der Waals surface area contributed by atoms with Crippen molar-refractivity contribution in [2.75, 3.05) is 0 Å². The van der Waals surface area contributed by atoms with E-state index in [1.165, 1.54) is 77.0 Å². The zero-order chi connectivity index (χ0) is 13.6. The first kappa shape index (κ1) is 18.0. The van der Waals surface area contributed by atoms with E-state index in [2.05, 4.69) is 27.7 Å². The third-order valence-electron chi connectivity index (χ3n) is 4.36. The molecular weight excluding hydrogens is 216 g/mol. The molecule has 0 aromatic rings. The molecule has 0 spiro atoms. The standard InChI is InChI=1S/C18H38/c1-5-9-12-16-17(13-8-4)18(14-10-6-2)15-11-7-3/h17-18H,5-16H2,1-4H3. The Balaban J connectivity index is 4.21. The van der Waals surface area contributed by atoms with Crippen LogP contribution in [0.1, 0.15) is 105 Å². The van der Waals surface area contributed by atoms with Crippen molar-refractivity contribution in [2.45, 2.75) is 105 Å². The molecule has 0 N–H and O–H groups in total. The maximum Gasteiger partial charge on any atom is -0.0386 e. The number of hydrogen-bond acceptors (Lipinski definition) is 0. The lowest BCUT2D eigenvalue weighted by atomic mass is 9.79. The summed E-state index contributed by atoms with van der Waals surface area (Å²) in [5.41, 5.74) is 0. The van der Waals surface area contributed by atoms with Crippen molar-refractivity contribution in [3.63, 3.8) is 0 Å². The van der Waals surface area contributed by atoms with Gasteiger partial charge in [-0.3, -0.25) is 0 Å². The number of unbranched alkanes of at least 4 members (excludes halogenated alkanes) is 4. The van der Waals surface area contributed by atoms with Gasteiger partial charge >= 0.3 is 0 Å². The molecule has 0 aliphatic heterocycles. The van der Waals surface area contributed by atoms with Gasteiger partial charge in [0.1, 0.15) is 0 Å². The summed E-state index contributed by atoms with van der Waals surface area (Å²) < 4.78 is 0. The summed E-state index contributed by atoms with van der Waals surface area (Å²) in [6, 6.07) is 0. The highest BCUT2D eigenvalue weighted by atomic mass is 14.2. The molecule has 0 nitrogen and oxygen atoms in total. The van der Waals surface area contributed by atoms with Crippen molar-refractivity contribution in [1.29, 1.82) is 0 Å². The van der Waals surface area contributed by atoms with Crippen molar-refractivity contribution < 1.29 is 0 Å². The van der Waals surface area contributed by atoms with E-state index in [1.54, 1.807) is 0 Å². The van der Waals surface area contributed by atoms with Crippen LogP contribution in [0.5, 0.6) is 0 Å². The fourth-order valence-electron chi connectivity index (χ4n) is 3.19. The molecule has 0 amide bonds. The molecule has 0 saturated carbocycles. The van der Waals surface area contributed by atoms with Crippen LogP contribution in [0.15, 0.2) is 0 Å². The normalized spacial score (nSPS) is 13.2. The fourth-order valence-corrected chi connectivity index (χ4v) is 3.19. The molecule has 1 atom stereocenters. The SMILES string of the molecule is CCCCCC(CCC)C(CCCC)CCCC. The first-order chi connectivity index (χ1) is 8.79. The first-order valence-corrected chi connectivity index (χ1v) is 8.79. The predicted octanol–water partition coefficient (Wildman–Crippen LogP) is 6.98. The number of hydrogen-bond donors (Lipinski definition) is 0. The van der Waals surface area contributed by atoms with Gasteiger partial charge in [0.2, 0.25) is 0 Å². The largest absolute Gasteiger partial charge is 0.0654 e.